The van der Waals surface area contributed by atoms with Crippen molar-refractivity contribution in [1.29, 1.82) is 0 Å². The van der Waals surface area contributed by atoms with Crippen LogP contribution in [0.2, 0.25) is 0 Å². The number of benzene rings is 2. The standard InChI is InChI=1S/C25H22BrN3O3S/c1-3-14-29-24(30)23(15-17-4-10-20(31-2)11-5-17)33-25(29)28-27-16-21-12-13-22(32-21)18-6-8-19(26)9-7-18/h3-13,16,23H,1,14-15H2,2H3/b27-16-,28-25-/t23-/m0/s1. The Morgan fingerprint density at radius 3 is 2.61 bits per heavy atom. The molecule has 1 saturated heterocycles. The molecule has 0 radical (unpaired) electrons. The smallest absolute Gasteiger partial charge is 0.242 e. The van der Waals surface area contributed by atoms with E-state index in [1.54, 1.807) is 24.3 Å². The zero-order chi connectivity index (χ0) is 23.2. The molecule has 0 spiro atoms. The minimum Gasteiger partial charge on any atom is -0.497 e. The molecule has 0 bridgehead atoms. The first-order valence-electron chi connectivity index (χ1n) is 10.3. The van der Waals surface area contributed by atoms with Crippen LogP contribution in [0.3, 0.4) is 0 Å². The Balaban J connectivity index is 1.46. The van der Waals surface area contributed by atoms with Crippen LogP contribution in [0.4, 0.5) is 0 Å². The molecule has 2 heterocycles. The lowest BCUT2D eigenvalue weighted by Crippen LogP contribution is -2.32. The van der Waals surface area contributed by atoms with Crippen LogP contribution in [0.25, 0.3) is 11.3 Å². The fourth-order valence-corrected chi connectivity index (χ4v) is 4.72. The number of thioether (sulfide) groups is 1. The maximum absolute atomic E-state index is 12.9. The number of nitrogens with zero attached hydrogens (tertiary/aromatic N) is 3. The average Bonchev–Trinajstić information content (AvgIpc) is 3.41. The van der Waals surface area contributed by atoms with Gasteiger partial charge in [-0.3, -0.25) is 9.69 Å². The minimum atomic E-state index is -0.264. The normalized spacial score (nSPS) is 17.3. The van der Waals surface area contributed by atoms with Crippen LogP contribution in [0.5, 0.6) is 5.75 Å². The fourth-order valence-electron chi connectivity index (χ4n) is 3.32. The Morgan fingerprint density at radius 2 is 1.91 bits per heavy atom. The number of halogens is 1. The summed E-state index contributed by atoms with van der Waals surface area (Å²) in [5.41, 5.74) is 2.03. The van der Waals surface area contributed by atoms with E-state index in [1.165, 1.54) is 11.8 Å². The number of ether oxygens (including phenoxy) is 1. The molecule has 33 heavy (non-hydrogen) atoms. The molecule has 0 unspecified atom stereocenters. The molecule has 0 N–H and O–H groups in total. The highest BCUT2D eigenvalue weighted by atomic mass is 79.9. The first kappa shape index (κ1) is 23.1. The Hall–Kier alpha value is -3.10. The fraction of sp³-hybridized carbons (Fsp3) is 0.160. The summed E-state index contributed by atoms with van der Waals surface area (Å²) in [4.78, 5) is 14.5. The molecule has 4 rings (SSSR count). The maximum atomic E-state index is 12.9. The highest BCUT2D eigenvalue weighted by molar-refractivity contribution is 9.10. The Morgan fingerprint density at radius 1 is 1.15 bits per heavy atom. The summed E-state index contributed by atoms with van der Waals surface area (Å²) in [5, 5.41) is 8.76. The summed E-state index contributed by atoms with van der Waals surface area (Å²) >= 11 is 4.84. The number of amides is 1. The van der Waals surface area contributed by atoms with Gasteiger partial charge in [0.1, 0.15) is 17.3 Å². The van der Waals surface area contributed by atoms with Crippen LogP contribution >= 0.6 is 27.7 Å². The highest BCUT2D eigenvalue weighted by Gasteiger charge is 2.37. The van der Waals surface area contributed by atoms with E-state index in [0.29, 0.717) is 23.9 Å². The van der Waals surface area contributed by atoms with Gasteiger partial charge in [-0.2, -0.15) is 5.10 Å². The molecule has 0 saturated carbocycles. The molecular formula is C25H22BrN3O3S. The van der Waals surface area contributed by atoms with Gasteiger partial charge in [-0.05, 0) is 48.4 Å². The molecule has 6 nitrogen and oxygen atoms in total. The number of methoxy groups -OCH3 is 1. The van der Waals surface area contributed by atoms with Crippen molar-refractivity contribution < 1.29 is 13.9 Å². The second-order valence-corrected chi connectivity index (χ2v) is 9.32. The van der Waals surface area contributed by atoms with E-state index in [4.69, 9.17) is 9.15 Å². The third kappa shape index (κ3) is 5.64. The Labute approximate surface area is 205 Å². The van der Waals surface area contributed by atoms with E-state index >= 15 is 0 Å². The molecule has 1 amide bonds. The third-order valence-electron chi connectivity index (χ3n) is 5.00. The van der Waals surface area contributed by atoms with Crippen LogP contribution in [-0.2, 0) is 11.2 Å². The number of hydrogen-bond donors (Lipinski definition) is 0. The van der Waals surface area contributed by atoms with Gasteiger partial charge in [0, 0.05) is 16.6 Å². The summed E-state index contributed by atoms with van der Waals surface area (Å²) < 4.78 is 12.1. The van der Waals surface area contributed by atoms with Gasteiger partial charge in [0.15, 0.2) is 5.17 Å². The van der Waals surface area contributed by atoms with E-state index in [2.05, 4.69) is 32.7 Å². The molecule has 8 heteroatoms. The van der Waals surface area contributed by atoms with Crippen molar-refractivity contribution >= 4 is 45.0 Å². The van der Waals surface area contributed by atoms with Crippen LogP contribution in [0.1, 0.15) is 11.3 Å². The number of carbonyl (C=O) groups is 1. The van der Waals surface area contributed by atoms with Gasteiger partial charge in [0.05, 0.1) is 18.6 Å². The average molecular weight is 524 g/mol. The lowest BCUT2D eigenvalue weighted by Gasteiger charge is -2.12. The summed E-state index contributed by atoms with van der Waals surface area (Å²) in [6.45, 7) is 4.14. The number of furan rings is 1. The van der Waals surface area contributed by atoms with Crippen molar-refractivity contribution in [2.24, 2.45) is 10.2 Å². The zero-order valence-electron chi connectivity index (χ0n) is 18.0. The first-order valence-corrected chi connectivity index (χ1v) is 11.9. The SMILES string of the molecule is C=CCN1C(=O)[C@H](Cc2ccc(OC)cc2)S/C1=N\N=C/c1ccc(-c2ccc(Br)cc2)o1. The van der Waals surface area contributed by atoms with Gasteiger partial charge >= 0.3 is 0 Å². The molecule has 1 atom stereocenters. The third-order valence-corrected chi connectivity index (χ3v) is 6.69. The molecule has 2 aromatic carbocycles. The number of rotatable bonds is 8. The number of carbonyl (C=O) groups excluding carboxylic acids is 1. The second kappa shape index (κ2) is 10.7. The molecule has 1 aliphatic rings. The lowest BCUT2D eigenvalue weighted by atomic mass is 10.1. The summed E-state index contributed by atoms with van der Waals surface area (Å²) in [7, 11) is 1.63. The molecular weight excluding hydrogens is 502 g/mol. The van der Waals surface area contributed by atoms with Crippen LogP contribution in [-0.4, -0.2) is 41.1 Å². The van der Waals surface area contributed by atoms with Crippen molar-refractivity contribution in [3.8, 4) is 17.1 Å². The van der Waals surface area contributed by atoms with E-state index in [-0.39, 0.29) is 11.2 Å². The number of hydrogen-bond acceptors (Lipinski definition) is 6. The predicted molar refractivity (Wildman–Crippen MR) is 137 cm³/mol. The van der Waals surface area contributed by atoms with E-state index in [0.717, 1.165) is 27.1 Å². The largest absolute Gasteiger partial charge is 0.497 e. The van der Waals surface area contributed by atoms with Gasteiger partial charge < -0.3 is 9.15 Å². The molecule has 1 aromatic heterocycles. The van der Waals surface area contributed by atoms with Gasteiger partial charge in [-0.15, -0.1) is 11.7 Å². The Bertz CT molecular complexity index is 1190. The Kier molecular flexibility index (Phi) is 7.47. The van der Waals surface area contributed by atoms with Crippen molar-refractivity contribution in [3.05, 3.63) is 89.1 Å². The van der Waals surface area contributed by atoms with Gasteiger partial charge in [0.25, 0.3) is 0 Å². The van der Waals surface area contributed by atoms with Crippen LogP contribution in [0.15, 0.2) is 92.4 Å². The zero-order valence-corrected chi connectivity index (χ0v) is 20.4. The topological polar surface area (TPSA) is 67.4 Å². The van der Waals surface area contributed by atoms with Crippen molar-refractivity contribution in [1.82, 2.24) is 4.90 Å². The quantitative estimate of drug-likeness (QED) is 0.213. The maximum Gasteiger partial charge on any atom is 0.242 e. The van der Waals surface area contributed by atoms with Gasteiger partial charge in [0.2, 0.25) is 5.91 Å². The van der Waals surface area contributed by atoms with E-state index in [1.807, 2.05) is 60.7 Å². The van der Waals surface area contributed by atoms with E-state index in [9.17, 15) is 4.79 Å². The second-order valence-electron chi connectivity index (χ2n) is 7.23. The highest BCUT2D eigenvalue weighted by Crippen LogP contribution is 2.30. The summed E-state index contributed by atoms with van der Waals surface area (Å²) in [5.74, 6) is 2.11. The molecule has 1 aliphatic heterocycles. The minimum absolute atomic E-state index is 0.000177. The lowest BCUT2D eigenvalue weighted by molar-refractivity contribution is -0.125. The molecule has 168 valence electrons. The number of amidine groups is 1. The van der Waals surface area contributed by atoms with E-state index < -0.39 is 0 Å². The summed E-state index contributed by atoms with van der Waals surface area (Å²) in [6.07, 6.45) is 3.83. The van der Waals surface area contributed by atoms with Gasteiger partial charge in [-0.1, -0.05) is 58.0 Å². The van der Waals surface area contributed by atoms with Crippen molar-refractivity contribution in [2.75, 3.05) is 13.7 Å². The summed E-state index contributed by atoms with van der Waals surface area (Å²) in [6, 6.07) is 19.3. The van der Waals surface area contributed by atoms with Crippen LogP contribution < -0.4 is 4.74 Å². The first-order chi connectivity index (χ1) is 16.1. The van der Waals surface area contributed by atoms with Crippen molar-refractivity contribution in [3.63, 3.8) is 0 Å². The predicted octanol–water partition coefficient (Wildman–Crippen LogP) is 5.78. The van der Waals surface area contributed by atoms with Crippen molar-refractivity contribution in [2.45, 2.75) is 11.7 Å². The monoisotopic (exact) mass is 523 g/mol. The molecule has 0 aliphatic carbocycles. The molecule has 1 fully saturated rings. The molecule has 3 aromatic rings. The van der Waals surface area contributed by atoms with Gasteiger partial charge in [-0.25, -0.2) is 0 Å². The van der Waals surface area contributed by atoms with Crippen LogP contribution in [0, 0.1) is 0 Å².